The first-order valence-electron chi connectivity index (χ1n) is 11.9. The molecule has 1 fully saturated rings. The lowest BCUT2D eigenvalue weighted by Crippen LogP contribution is -2.72. The molecule has 2 aromatic heterocycles. The van der Waals surface area contributed by atoms with E-state index in [9.17, 15) is 19.1 Å². The van der Waals surface area contributed by atoms with Crippen molar-refractivity contribution < 1.29 is 19.1 Å². The number of hydrogen-bond acceptors (Lipinski definition) is 5. The fraction of sp³-hybridized carbons (Fsp3) is 0.385. The smallest absolute Gasteiger partial charge is 0.407 e. The van der Waals surface area contributed by atoms with E-state index in [4.69, 9.17) is 0 Å². The lowest BCUT2D eigenvalue weighted by molar-refractivity contribution is -0.0690. The molecule has 190 valence electrons. The molecule has 2 amide bonds. The number of H-pyrrole nitrogens is 1. The van der Waals surface area contributed by atoms with Crippen LogP contribution in [0.4, 0.5) is 15.0 Å². The van der Waals surface area contributed by atoms with E-state index >= 15 is 0 Å². The number of likely N-dealkylation sites (tertiary alicyclic amines) is 1. The Balaban J connectivity index is 1.54. The van der Waals surface area contributed by atoms with E-state index < -0.39 is 11.6 Å². The minimum atomic E-state index is -0.990. The van der Waals surface area contributed by atoms with Crippen molar-refractivity contribution in [1.82, 2.24) is 25.4 Å². The van der Waals surface area contributed by atoms with E-state index in [1.165, 1.54) is 17.0 Å². The van der Waals surface area contributed by atoms with Crippen LogP contribution in [0.5, 0.6) is 0 Å². The zero-order valence-corrected chi connectivity index (χ0v) is 20.6. The van der Waals surface area contributed by atoms with Crippen molar-refractivity contribution in [2.24, 2.45) is 5.41 Å². The van der Waals surface area contributed by atoms with Gasteiger partial charge in [0, 0.05) is 31.4 Å². The number of halogens is 1. The molecule has 1 atom stereocenters. The number of amides is 2. The largest absolute Gasteiger partial charge is 0.465 e. The minimum Gasteiger partial charge on any atom is -0.465 e. The molecule has 1 aliphatic rings. The molecule has 0 unspecified atom stereocenters. The van der Waals surface area contributed by atoms with Gasteiger partial charge in [0.15, 0.2) is 0 Å². The summed E-state index contributed by atoms with van der Waals surface area (Å²) >= 11 is 0. The maximum Gasteiger partial charge on any atom is 0.407 e. The summed E-state index contributed by atoms with van der Waals surface area (Å²) < 4.78 is 13.5. The average molecular weight is 495 g/mol. The standard InChI is InChI=1S/C26H31FN6O3/c1-25(2,3)26(10-12-33(26)24(35)36)16-29-23(34)20-7-8-21(18-14-30-31-15-18)32-22(20)28-11-9-17-5-4-6-19(27)13-17/h4-8,13-15H,9-12,16H2,1-3H3,(H,28,32)(H,29,34)(H,30,31)(H,35,36)/t26-/m1/s1. The van der Waals surface area contributed by atoms with Crippen molar-refractivity contribution in [3.8, 4) is 11.3 Å². The molecular weight excluding hydrogens is 463 g/mol. The molecular formula is C26H31FN6O3. The number of hydrogen-bond donors (Lipinski definition) is 4. The van der Waals surface area contributed by atoms with E-state index in [0.29, 0.717) is 43.0 Å². The van der Waals surface area contributed by atoms with Gasteiger partial charge in [-0.1, -0.05) is 32.9 Å². The highest BCUT2D eigenvalue weighted by atomic mass is 19.1. The second-order valence-corrected chi connectivity index (χ2v) is 10.0. The van der Waals surface area contributed by atoms with Gasteiger partial charge in [0.1, 0.15) is 11.6 Å². The van der Waals surface area contributed by atoms with Crippen molar-refractivity contribution in [3.05, 3.63) is 65.7 Å². The van der Waals surface area contributed by atoms with Crippen LogP contribution in [0.2, 0.25) is 0 Å². The van der Waals surface area contributed by atoms with Gasteiger partial charge in [-0.2, -0.15) is 5.10 Å². The van der Waals surface area contributed by atoms with E-state index in [1.807, 2.05) is 26.8 Å². The summed E-state index contributed by atoms with van der Waals surface area (Å²) in [5, 5.41) is 22.5. The van der Waals surface area contributed by atoms with Crippen LogP contribution in [-0.4, -0.2) is 62.4 Å². The van der Waals surface area contributed by atoms with Gasteiger partial charge >= 0.3 is 6.09 Å². The molecule has 0 bridgehead atoms. The number of anilines is 1. The summed E-state index contributed by atoms with van der Waals surface area (Å²) in [7, 11) is 0. The SMILES string of the molecule is CC(C)(C)[C@]1(CNC(=O)c2ccc(-c3cn[nH]c3)nc2NCCc2cccc(F)c2)CCN1C(=O)O. The number of aromatic amines is 1. The summed E-state index contributed by atoms with van der Waals surface area (Å²) in [6.45, 7) is 7.01. The lowest BCUT2D eigenvalue weighted by Gasteiger charge is -2.58. The topological polar surface area (TPSA) is 123 Å². The van der Waals surface area contributed by atoms with Crippen LogP contribution in [0, 0.1) is 11.2 Å². The first-order chi connectivity index (χ1) is 17.1. The van der Waals surface area contributed by atoms with Gasteiger partial charge in [-0.3, -0.25) is 9.89 Å². The zero-order valence-electron chi connectivity index (χ0n) is 20.6. The van der Waals surface area contributed by atoms with Crippen LogP contribution in [-0.2, 0) is 6.42 Å². The van der Waals surface area contributed by atoms with Gasteiger partial charge in [-0.05, 0) is 48.1 Å². The number of nitrogens with zero attached hydrogens (tertiary/aromatic N) is 3. The number of carboxylic acid groups (broad SMARTS) is 1. The highest BCUT2D eigenvalue weighted by Crippen LogP contribution is 2.44. The van der Waals surface area contributed by atoms with Gasteiger partial charge in [0.25, 0.3) is 5.91 Å². The van der Waals surface area contributed by atoms with Crippen molar-refractivity contribution >= 4 is 17.8 Å². The molecule has 0 saturated carbocycles. The molecule has 10 heteroatoms. The maximum atomic E-state index is 13.5. The van der Waals surface area contributed by atoms with E-state index in [1.54, 1.807) is 30.6 Å². The van der Waals surface area contributed by atoms with E-state index in [0.717, 1.165) is 11.1 Å². The minimum absolute atomic E-state index is 0.188. The molecule has 9 nitrogen and oxygen atoms in total. The first kappa shape index (κ1) is 25.2. The third-order valence-corrected chi connectivity index (χ3v) is 6.96. The summed E-state index contributed by atoms with van der Waals surface area (Å²) in [4.78, 5) is 31.1. The number of benzene rings is 1. The molecule has 0 aliphatic carbocycles. The molecule has 0 spiro atoms. The van der Waals surface area contributed by atoms with Crippen LogP contribution in [0.25, 0.3) is 11.3 Å². The Labute approximate surface area is 209 Å². The Bertz CT molecular complexity index is 1240. The first-order valence-corrected chi connectivity index (χ1v) is 11.9. The molecule has 1 saturated heterocycles. The van der Waals surface area contributed by atoms with E-state index in [2.05, 4.69) is 25.8 Å². The Morgan fingerprint density at radius 3 is 2.67 bits per heavy atom. The van der Waals surface area contributed by atoms with Crippen LogP contribution in [0.1, 0.15) is 43.1 Å². The Kier molecular flexibility index (Phi) is 6.96. The third-order valence-electron chi connectivity index (χ3n) is 6.96. The normalized spacial score (nSPS) is 17.4. The number of aromatic nitrogens is 3. The quantitative estimate of drug-likeness (QED) is 0.373. The Hall–Kier alpha value is -3.95. The van der Waals surface area contributed by atoms with Gasteiger partial charge in [0.05, 0.1) is 23.0 Å². The number of rotatable bonds is 8. The van der Waals surface area contributed by atoms with Crippen molar-refractivity contribution in [2.75, 3.05) is 25.0 Å². The molecule has 4 rings (SSSR count). The molecule has 36 heavy (non-hydrogen) atoms. The van der Waals surface area contributed by atoms with Crippen LogP contribution in [0.15, 0.2) is 48.8 Å². The van der Waals surface area contributed by atoms with Crippen molar-refractivity contribution in [3.63, 3.8) is 0 Å². The second-order valence-electron chi connectivity index (χ2n) is 10.0. The monoisotopic (exact) mass is 494 g/mol. The van der Waals surface area contributed by atoms with Crippen molar-refractivity contribution in [1.29, 1.82) is 0 Å². The summed E-state index contributed by atoms with van der Waals surface area (Å²) in [5.41, 5.74) is 1.51. The maximum absolute atomic E-state index is 13.5. The predicted octanol–water partition coefficient (Wildman–Crippen LogP) is 4.16. The predicted molar refractivity (Wildman–Crippen MR) is 134 cm³/mol. The van der Waals surface area contributed by atoms with Gasteiger partial charge < -0.3 is 20.6 Å². The second kappa shape index (κ2) is 9.96. The summed E-state index contributed by atoms with van der Waals surface area (Å²) in [5.74, 6) is -0.265. The third kappa shape index (κ3) is 5.02. The molecule has 1 aromatic carbocycles. The number of carbonyl (C=O) groups excluding carboxylic acids is 1. The van der Waals surface area contributed by atoms with Gasteiger partial charge in [-0.25, -0.2) is 14.2 Å². The fourth-order valence-corrected chi connectivity index (χ4v) is 4.67. The number of nitrogens with one attached hydrogen (secondary N) is 3. The molecule has 4 N–H and O–H groups in total. The highest BCUT2D eigenvalue weighted by molar-refractivity contribution is 5.99. The number of pyridine rings is 1. The Morgan fingerprint density at radius 2 is 2.06 bits per heavy atom. The number of carbonyl (C=O) groups is 2. The van der Waals surface area contributed by atoms with Crippen molar-refractivity contribution in [2.45, 2.75) is 39.2 Å². The van der Waals surface area contributed by atoms with E-state index in [-0.39, 0.29) is 23.7 Å². The van der Waals surface area contributed by atoms with Crippen LogP contribution < -0.4 is 10.6 Å². The summed E-state index contributed by atoms with van der Waals surface area (Å²) in [6, 6.07) is 9.80. The van der Waals surface area contributed by atoms with Gasteiger partial charge in [0.2, 0.25) is 0 Å². The Morgan fingerprint density at radius 1 is 1.25 bits per heavy atom. The molecule has 0 radical (unpaired) electrons. The zero-order chi connectivity index (χ0) is 25.9. The summed E-state index contributed by atoms with van der Waals surface area (Å²) in [6.07, 6.45) is 3.57. The molecule has 1 aliphatic heterocycles. The fourth-order valence-electron chi connectivity index (χ4n) is 4.67. The van der Waals surface area contributed by atoms with Crippen LogP contribution >= 0.6 is 0 Å². The van der Waals surface area contributed by atoms with Gasteiger partial charge in [-0.15, -0.1) is 0 Å². The lowest BCUT2D eigenvalue weighted by atomic mass is 9.65. The molecule has 3 heterocycles. The molecule has 3 aromatic rings. The average Bonchev–Trinajstić information content (AvgIpc) is 3.32. The van der Waals surface area contributed by atoms with Crippen LogP contribution in [0.3, 0.4) is 0 Å². The highest BCUT2D eigenvalue weighted by Gasteiger charge is 2.55.